The number of fused-ring (bicyclic) bond motifs is 13. The zero-order valence-electron chi connectivity index (χ0n) is 79.7. The topological polar surface area (TPSA) is 90.4 Å². The number of nitrogens with zero attached hydrogens (tertiary/aromatic N) is 4. The van der Waals surface area contributed by atoms with Gasteiger partial charge in [0.1, 0.15) is 0 Å². The molecule has 4 aliphatic rings. The second kappa shape index (κ2) is 44.2. The zero-order valence-corrected chi connectivity index (χ0v) is 83.0. The number of hydrogen-bond donors (Lipinski definition) is 0. The summed E-state index contributed by atoms with van der Waals surface area (Å²) in [4.78, 5) is 46.5. The molecule has 0 fully saturated rings. The summed E-state index contributed by atoms with van der Waals surface area (Å²) < 4.78 is 2.60. The van der Waals surface area contributed by atoms with Gasteiger partial charge in [0.25, 0.3) is 11.4 Å². The highest BCUT2D eigenvalue weighted by Crippen LogP contribution is 2.71. The van der Waals surface area contributed by atoms with Gasteiger partial charge in [-0.05, 0) is 251 Å². The van der Waals surface area contributed by atoms with E-state index in [0.717, 1.165) is 237 Å². The van der Waals surface area contributed by atoms with E-state index in [4.69, 9.17) is 13.1 Å². The van der Waals surface area contributed by atoms with Crippen molar-refractivity contribution in [1.82, 2.24) is 0 Å². The summed E-state index contributed by atoms with van der Waals surface area (Å²) in [6.45, 7) is 35.9. The van der Waals surface area contributed by atoms with Crippen LogP contribution in [0.25, 0.3) is 84.8 Å². The molecule has 12 aromatic rings. The van der Waals surface area contributed by atoms with E-state index in [9.17, 15) is 10.5 Å². The number of ketones is 2. The largest absolute Gasteiger partial charge is 0.289 e. The van der Waals surface area contributed by atoms with Crippen LogP contribution in [0.1, 0.15) is 390 Å². The first-order valence-corrected chi connectivity index (χ1v) is 54.1. The highest BCUT2D eigenvalue weighted by Gasteiger charge is 2.56. The Morgan fingerprint density at radius 1 is 0.311 bits per heavy atom. The molecule has 0 N–H and O–H groups in total. The number of carbonyl (C=O) groups is 2. The van der Waals surface area contributed by atoms with Crippen LogP contribution in [-0.4, -0.2) is 11.6 Å². The number of nitriles is 2. The van der Waals surface area contributed by atoms with Crippen LogP contribution in [0.3, 0.4) is 0 Å². The van der Waals surface area contributed by atoms with Crippen molar-refractivity contribution in [2.24, 2.45) is 0 Å². The van der Waals surface area contributed by atoms with Gasteiger partial charge < -0.3 is 0 Å². The van der Waals surface area contributed by atoms with Crippen LogP contribution in [0.2, 0.25) is 0 Å². The molecule has 6 nitrogen and oxygen atoms in total. The van der Waals surface area contributed by atoms with Gasteiger partial charge in [0.2, 0.25) is 0 Å². The zero-order chi connectivity index (χ0) is 91.8. The van der Waals surface area contributed by atoms with Crippen LogP contribution in [0.5, 0.6) is 0 Å². The van der Waals surface area contributed by atoms with Crippen molar-refractivity contribution in [2.75, 3.05) is 0 Å². The fourth-order valence-electron chi connectivity index (χ4n) is 22.1. The van der Waals surface area contributed by atoms with Crippen LogP contribution < -0.4 is 0 Å². The predicted octanol–water partition coefficient (Wildman–Crippen LogP) is 36.0. The van der Waals surface area contributed by atoms with Gasteiger partial charge in [-0.1, -0.05) is 331 Å². The Morgan fingerprint density at radius 3 is 0.780 bits per heavy atom. The number of Topliss-reactive ketones (excluding diaryl/α,β-unsaturated/α-hetero) is 2. The molecule has 10 heteroatoms. The molecule has 0 atom stereocenters. The van der Waals surface area contributed by atoms with Crippen LogP contribution in [0.4, 0.5) is 0 Å². The number of benzene rings is 8. The maximum Gasteiger partial charge on any atom is 0.270 e. The Balaban J connectivity index is 1.07. The third kappa shape index (κ3) is 19.3. The summed E-state index contributed by atoms with van der Waals surface area (Å²) >= 11 is 7.62. The van der Waals surface area contributed by atoms with Gasteiger partial charge in [-0.3, -0.25) is 9.59 Å². The predicted molar refractivity (Wildman–Crippen MR) is 564 cm³/mol. The first-order valence-electron chi connectivity index (χ1n) is 50.8. The van der Waals surface area contributed by atoms with Gasteiger partial charge in [0, 0.05) is 84.9 Å². The number of thiophene rings is 4. The summed E-state index contributed by atoms with van der Waals surface area (Å²) in [5.41, 5.74) is 23.2. The summed E-state index contributed by atoms with van der Waals surface area (Å²) in [6, 6.07) is 65.3. The second-order valence-corrected chi connectivity index (χ2v) is 42.6. The maximum absolute atomic E-state index is 15.9. The molecule has 132 heavy (non-hydrogen) atoms. The van der Waals surface area contributed by atoms with Crippen LogP contribution in [0, 0.1) is 35.8 Å². The average Bonchev–Trinajstić information content (AvgIpc) is 1.49. The van der Waals surface area contributed by atoms with Crippen molar-refractivity contribution >= 4 is 111 Å². The van der Waals surface area contributed by atoms with Crippen molar-refractivity contribution in [1.29, 1.82) is 10.5 Å². The number of allylic oxidation sites excluding steroid dienone is 6. The molecular formula is C122H132N4O2S4. The molecule has 0 unspecified atom stereocenters. The Bertz CT molecular complexity index is 5900. The highest BCUT2D eigenvalue weighted by atomic mass is 32.1. The van der Waals surface area contributed by atoms with E-state index in [-0.39, 0.29) is 23.0 Å². The Labute approximate surface area is 803 Å². The SMILES string of the molecule is [C-]#[N+]/C(C#N)=C1\C(=C\c2cc3c(s2)C(c2cc(CCCCCC)cc(CCCCCC)c2)(c2cc(CCCCCC)cc(CCCCCC)c2)c2c-3sc3c4c(sc23)-c2cc(/C=C3\C(=O)c5cc6ccccc6cc5\C3=C(\C#N)[N+]#[C-])sc2C4(c2cc(CCCCCC)cc(CCCCCC)c2)c2cc(CCCCCC)cc(CCCCCC)c2)C(=O)c2cc3ccccc3cc21. The molecule has 0 amide bonds. The van der Waals surface area contributed by atoms with Gasteiger partial charge in [0.15, 0.2) is 11.6 Å². The maximum atomic E-state index is 15.9. The quantitative estimate of drug-likeness (QED) is 0.0165. The molecule has 0 aliphatic heterocycles. The van der Waals surface area contributed by atoms with Gasteiger partial charge in [-0.2, -0.15) is 0 Å². The van der Waals surface area contributed by atoms with E-state index in [1.165, 1.54) is 169 Å². The van der Waals surface area contributed by atoms with Crippen LogP contribution in [0.15, 0.2) is 180 Å². The van der Waals surface area contributed by atoms with Crippen molar-refractivity contribution in [3.63, 3.8) is 0 Å². The van der Waals surface area contributed by atoms with E-state index in [1.54, 1.807) is 0 Å². The van der Waals surface area contributed by atoms with Crippen LogP contribution >= 0.6 is 45.3 Å². The minimum atomic E-state index is -0.915. The molecule has 0 bridgehead atoms. The standard InChI is InChI=1S/C122H132N4O2S4/c1-11-19-27-35-47-81-59-82(48-36-28-20-12-2)64-93(63-81)121(94-65-83(49-37-29-21-13-3)60-84(66-94)50-38-30-22-14-4)111-115(105-77-97(129-119(105)121)75-103-109(107(79-123)125-9)99-71-89-55-43-45-57-91(89)73-101(99)113(103)127)131-118-112-116(132-117(111)118)106-78-98(76-104-110(108(80-124)126-10)100-72-90-56-44-46-58-92(90)74-102(100)114(104)128)130-120(106)122(112,95-67-85(51-39-31-23-15-5)61-86(68-95)52-40-32-24-16-6)96-69-87(53-41-33-25-17-7)62-88(70-96)54-42-34-26-18-8/h43-46,55-78H,11-42,47-54H2,1-8H3/b103-75-,104-76-,109-107-,110-108+. The third-order valence-electron chi connectivity index (χ3n) is 28.7. The summed E-state index contributed by atoms with van der Waals surface area (Å²) in [5.74, 6) is -0.344. The summed E-state index contributed by atoms with van der Waals surface area (Å²) in [6.07, 6.45) is 48.7. The lowest BCUT2D eigenvalue weighted by Gasteiger charge is -2.35. The van der Waals surface area contributed by atoms with Gasteiger partial charge >= 0.3 is 0 Å². The Morgan fingerprint density at radius 2 is 0.553 bits per heavy atom. The average molecular weight is 1810 g/mol. The molecule has 0 spiro atoms. The molecule has 4 heterocycles. The number of hydrogen-bond acceptors (Lipinski definition) is 8. The smallest absolute Gasteiger partial charge is 0.270 e. The first-order chi connectivity index (χ1) is 64.7. The molecule has 4 aliphatic carbocycles. The van der Waals surface area contributed by atoms with Crippen molar-refractivity contribution in [2.45, 2.75) is 323 Å². The molecule has 8 aromatic carbocycles. The first kappa shape index (κ1) is 94.8. The number of unbranched alkanes of at least 4 members (excludes halogenated alkanes) is 24. The molecular weight excluding hydrogens is 1680 g/mol. The van der Waals surface area contributed by atoms with Gasteiger partial charge in [-0.15, -0.1) is 45.3 Å². The van der Waals surface area contributed by atoms with E-state index in [0.29, 0.717) is 44.5 Å². The highest BCUT2D eigenvalue weighted by molar-refractivity contribution is 7.32. The van der Waals surface area contributed by atoms with Crippen molar-refractivity contribution in [3.05, 3.63) is 323 Å². The molecule has 0 saturated carbocycles. The summed E-state index contributed by atoms with van der Waals surface area (Å²) in [5, 5.41) is 26.0. The van der Waals surface area contributed by atoms with E-state index in [2.05, 4.69) is 186 Å². The van der Waals surface area contributed by atoms with Gasteiger partial charge in [-0.25, -0.2) is 20.2 Å². The third-order valence-corrected chi connectivity index (χ3v) is 33.8. The Hall–Kier alpha value is -10.4. The Kier molecular flexibility index (Phi) is 31.7. The fraction of sp³-hybridized carbons (Fsp3) is 0.410. The van der Waals surface area contributed by atoms with E-state index < -0.39 is 10.8 Å². The summed E-state index contributed by atoms with van der Waals surface area (Å²) in [7, 11) is 0. The normalized spacial score (nSPS) is 15.2. The lowest BCUT2D eigenvalue weighted by atomic mass is 9.68. The fourth-order valence-corrected chi connectivity index (χ4v) is 28.0. The van der Waals surface area contributed by atoms with Crippen molar-refractivity contribution in [3.8, 4) is 33.0 Å². The van der Waals surface area contributed by atoms with Crippen LogP contribution in [-0.2, 0) is 62.2 Å². The molecule has 16 rings (SSSR count). The lowest BCUT2D eigenvalue weighted by Crippen LogP contribution is -2.29. The minimum absolute atomic E-state index is 0.0839. The van der Waals surface area contributed by atoms with E-state index >= 15 is 9.59 Å². The monoisotopic (exact) mass is 1810 g/mol. The number of rotatable bonds is 46. The number of carbonyl (C=O) groups excluding carboxylic acids is 2. The van der Waals surface area contributed by atoms with Crippen molar-refractivity contribution < 1.29 is 9.59 Å². The molecule has 676 valence electrons. The van der Waals surface area contributed by atoms with Gasteiger partial charge in [0.05, 0.1) is 45.5 Å². The molecule has 4 aromatic heterocycles. The number of aryl methyl sites for hydroxylation is 8. The molecule has 0 radical (unpaired) electrons. The lowest BCUT2D eigenvalue weighted by molar-refractivity contribution is 0.103. The minimum Gasteiger partial charge on any atom is -0.289 e. The second-order valence-electron chi connectivity index (χ2n) is 38.4. The van der Waals surface area contributed by atoms with E-state index in [1.807, 2.05) is 106 Å². The molecule has 0 saturated heterocycles.